The molecule has 32 heavy (non-hydrogen) atoms. The molecule has 2 aromatic rings. The number of amides is 2. The monoisotopic (exact) mass is 443 g/mol. The van der Waals surface area contributed by atoms with Gasteiger partial charge in [-0.05, 0) is 32.1 Å². The standard InChI is InChI=1S/C23H30FN5O3/c1-23(2,3)19(22(31)25-4)27-21(30)18-17-13-28(5)8-7-9-29(17)20(26-18)14-10-15(24)12-16(11-14)32-6/h10-12H,7-9,13H2,1-6H3,(H,25,31)/b27-19-. The number of nitrogens with zero attached hydrogens (tertiary/aromatic N) is 4. The summed E-state index contributed by atoms with van der Waals surface area (Å²) in [4.78, 5) is 36.5. The molecule has 3 rings (SSSR count). The van der Waals surface area contributed by atoms with Gasteiger partial charge in [0.2, 0.25) is 0 Å². The van der Waals surface area contributed by atoms with Gasteiger partial charge in [0.25, 0.3) is 11.8 Å². The number of rotatable bonds is 4. The Labute approximate surface area is 187 Å². The quantitative estimate of drug-likeness (QED) is 0.734. The summed E-state index contributed by atoms with van der Waals surface area (Å²) in [5.74, 6) is -0.619. The number of benzene rings is 1. The molecule has 172 valence electrons. The highest BCUT2D eigenvalue weighted by Crippen LogP contribution is 2.30. The van der Waals surface area contributed by atoms with Crippen LogP contribution in [0.1, 0.15) is 43.4 Å². The highest BCUT2D eigenvalue weighted by Gasteiger charge is 2.30. The van der Waals surface area contributed by atoms with E-state index in [0.717, 1.165) is 13.0 Å². The maximum atomic E-state index is 14.2. The molecule has 2 amide bonds. The first-order chi connectivity index (χ1) is 15.0. The normalized spacial score (nSPS) is 15.2. The van der Waals surface area contributed by atoms with Gasteiger partial charge in [0, 0.05) is 37.2 Å². The molecule has 0 radical (unpaired) electrons. The Morgan fingerprint density at radius 2 is 1.94 bits per heavy atom. The van der Waals surface area contributed by atoms with E-state index in [1.54, 1.807) is 6.07 Å². The fourth-order valence-electron chi connectivity index (χ4n) is 3.75. The van der Waals surface area contributed by atoms with Crippen molar-refractivity contribution < 1.29 is 18.7 Å². The average Bonchev–Trinajstić information content (AvgIpc) is 2.96. The fourth-order valence-corrected chi connectivity index (χ4v) is 3.75. The van der Waals surface area contributed by atoms with Crippen molar-refractivity contribution in [1.29, 1.82) is 0 Å². The van der Waals surface area contributed by atoms with E-state index in [1.807, 2.05) is 32.4 Å². The number of hydrogen-bond acceptors (Lipinski definition) is 5. The predicted octanol–water partition coefficient (Wildman–Crippen LogP) is 2.91. The van der Waals surface area contributed by atoms with Gasteiger partial charge in [0.1, 0.15) is 23.1 Å². The number of imidazole rings is 1. The Bertz CT molecular complexity index is 1070. The van der Waals surface area contributed by atoms with Crippen molar-refractivity contribution in [3.05, 3.63) is 35.4 Å². The molecule has 9 heteroatoms. The molecule has 1 aliphatic heterocycles. The van der Waals surface area contributed by atoms with Crippen molar-refractivity contribution in [2.45, 2.75) is 40.3 Å². The second-order valence-electron chi connectivity index (χ2n) is 8.95. The van der Waals surface area contributed by atoms with Gasteiger partial charge in [0.15, 0.2) is 5.69 Å². The summed E-state index contributed by atoms with van der Waals surface area (Å²) < 4.78 is 21.4. The van der Waals surface area contributed by atoms with E-state index in [-0.39, 0.29) is 11.4 Å². The van der Waals surface area contributed by atoms with Crippen LogP contribution in [-0.4, -0.2) is 59.7 Å². The third kappa shape index (κ3) is 4.88. The Balaban J connectivity index is 2.19. The zero-order valence-corrected chi connectivity index (χ0v) is 19.5. The maximum absolute atomic E-state index is 14.2. The molecular weight excluding hydrogens is 413 g/mol. The van der Waals surface area contributed by atoms with Gasteiger partial charge in [-0.3, -0.25) is 9.59 Å². The van der Waals surface area contributed by atoms with Crippen LogP contribution in [0.25, 0.3) is 11.4 Å². The third-order valence-electron chi connectivity index (χ3n) is 5.35. The molecule has 0 atom stereocenters. The Morgan fingerprint density at radius 3 is 2.56 bits per heavy atom. The molecule has 0 fully saturated rings. The molecule has 0 aliphatic carbocycles. The van der Waals surface area contributed by atoms with Crippen molar-refractivity contribution in [2.24, 2.45) is 10.4 Å². The van der Waals surface area contributed by atoms with Crippen LogP contribution >= 0.6 is 0 Å². The minimum absolute atomic E-state index is 0.128. The summed E-state index contributed by atoms with van der Waals surface area (Å²) >= 11 is 0. The number of carbonyl (C=O) groups excluding carboxylic acids is 2. The van der Waals surface area contributed by atoms with E-state index >= 15 is 0 Å². The van der Waals surface area contributed by atoms with E-state index in [0.29, 0.717) is 35.9 Å². The van der Waals surface area contributed by atoms with Gasteiger partial charge in [-0.2, -0.15) is 0 Å². The van der Waals surface area contributed by atoms with Crippen LogP contribution < -0.4 is 10.1 Å². The Kier molecular flexibility index (Phi) is 6.78. The van der Waals surface area contributed by atoms with E-state index < -0.39 is 23.0 Å². The number of halogens is 1. The van der Waals surface area contributed by atoms with Crippen LogP contribution in [0, 0.1) is 11.2 Å². The van der Waals surface area contributed by atoms with Gasteiger partial charge >= 0.3 is 0 Å². The summed E-state index contributed by atoms with van der Waals surface area (Å²) in [5, 5.41) is 2.55. The number of aliphatic imine (C=N–C) groups is 1. The number of methoxy groups -OCH3 is 1. The van der Waals surface area contributed by atoms with E-state index in [2.05, 4.69) is 20.2 Å². The largest absolute Gasteiger partial charge is 0.497 e. The minimum Gasteiger partial charge on any atom is -0.497 e. The Morgan fingerprint density at radius 1 is 1.22 bits per heavy atom. The van der Waals surface area contributed by atoms with Gasteiger partial charge in [-0.15, -0.1) is 0 Å². The summed E-state index contributed by atoms with van der Waals surface area (Å²) in [5.41, 5.74) is 0.868. The molecule has 8 nitrogen and oxygen atoms in total. The van der Waals surface area contributed by atoms with Crippen molar-refractivity contribution in [3.8, 4) is 17.1 Å². The molecule has 0 spiro atoms. The first-order valence-electron chi connectivity index (χ1n) is 10.5. The number of fused-ring (bicyclic) bond motifs is 1. The molecular formula is C23H30FN5O3. The van der Waals surface area contributed by atoms with Crippen LogP contribution in [0.5, 0.6) is 5.75 Å². The molecule has 1 N–H and O–H groups in total. The van der Waals surface area contributed by atoms with Crippen molar-refractivity contribution in [2.75, 3.05) is 27.7 Å². The average molecular weight is 444 g/mol. The zero-order valence-electron chi connectivity index (χ0n) is 19.5. The second kappa shape index (κ2) is 9.20. The molecule has 0 saturated carbocycles. The van der Waals surface area contributed by atoms with Crippen LogP contribution in [0.3, 0.4) is 0 Å². The second-order valence-corrected chi connectivity index (χ2v) is 8.95. The number of nitrogens with one attached hydrogen (secondary N) is 1. The van der Waals surface area contributed by atoms with Gasteiger partial charge in [0.05, 0.1) is 12.8 Å². The summed E-state index contributed by atoms with van der Waals surface area (Å²) in [6, 6.07) is 4.35. The molecule has 0 unspecified atom stereocenters. The summed E-state index contributed by atoms with van der Waals surface area (Å²) in [7, 11) is 4.94. The lowest BCUT2D eigenvalue weighted by Gasteiger charge is -2.19. The first-order valence-corrected chi connectivity index (χ1v) is 10.5. The highest BCUT2D eigenvalue weighted by molar-refractivity contribution is 6.42. The first kappa shape index (κ1) is 23.6. The molecule has 2 heterocycles. The van der Waals surface area contributed by atoms with Crippen LogP contribution in [-0.2, 0) is 17.9 Å². The predicted molar refractivity (Wildman–Crippen MR) is 120 cm³/mol. The molecule has 0 bridgehead atoms. The van der Waals surface area contributed by atoms with Crippen molar-refractivity contribution >= 4 is 17.5 Å². The SMILES string of the molecule is CNC(=O)/C(=N/C(=O)c1nc(-c2cc(F)cc(OC)c2)n2c1CN(C)CCC2)C(C)(C)C. The Hall–Kier alpha value is -3.07. The van der Waals surface area contributed by atoms with Crippen LogP contribution in [0.15, 0.2) is 23.2 Å². The fraction of sp³-hybridized carbons (Fsp3) is 0.478. The third-order valence-corrected chi connectivity index (χ3v) is 5.35. The lowest BCUT2D eigenvalue weighted by molar-refractivity contribution is -0.114. The van der Waals surface area contributed by atoms with Gasteiger partial charge in [-0.25, -0.2) is 14.4 Å². The van der Waals surface area contributed by atoms with Crippen LogP contribution in [0.4, 0.5) is 4.39 Å². The molecule has 1 aromatic heterocycles. The maximum Gasteiger partial charge on any atom is 0.297 e. The number of ether oxygens (including phenoxy) is 1. The molecule has 1 aliphatic rings. The van der Waals surface area contributed by atoms with Crippen molar-refractivity contribution in [1.82, 2.24) is 19.8 Å². The smallest absolute Gasteiger partial charge is 0.297 e. The van der Waals surface area contributed by atoms with E-state index in [1.165, 1.54) is 26.3 Å². The number of hydrogen-bond donors (Lipinski definition) is 1. The lowest BCUT2D eigenvalue weighted by Crippen LogP contribution is -2.37. The van der Waals surface area contributed by atoms with Crippen molar-refractivity contribution in [3.63, 3.8) is 0 Å². The molecule has 1 aromatic carbocycles. The van der Waals surface area contributed by atoms with Gasteiger partial charge in [-0.1, -0.05) is 20.8 Å². The highest BCUT2D eigenvalue weighted by atomic mass is 19.1. The van der Waals surface area contributed by atoms with Gasteiger partial charge < -0.3 is 19.5 Å². The van der Waals surface area contributed by atoms with E-state index in [9.17, 15) is 14.0 Å². The number of carbonyl (C=O) groups is 2. The summed E-state index contributed by atoms with van der Waals surface area (Å²) in [6.45, 7) is 7.41. The van der Waals surface area contributed by atoms with E-state index in [4.69, 9.17) is 4.74 Å². The number of aromatic nitrogens is 2. The molecule has 0 saturated heterocycles. The topological polar surface area (TPSA) is 88.8 Å². The summed E-state index contributed by atoms with van der Waals surface area (Å²) in [6.07, 6.45) is 0.849. The zero-order chi connectivity index (χ0) is 23.6. The lowest BCUT2D eigenvalue weighted by atomic mass is 9.89. The minimum atomic E-state index is -0.637. The van der Waals surface area contributed by atoms with Crippen LogP contribution in [0.2, 0.25) is 0 Å².